The van der Waals surface area contributed by atoms with Gasteiger partial charge in [0, 0.05) is 18.1 Å². The molecule has 2 nitrogen and oxygen atoms in total. The summed E-state index contributed by atoms with van der Waals surface area (Å²) in [4.78, 5) is 0. The zero-order chi connectivity index (χ0) is 14.4. The Kier molecular flexibility index (Phi) is 5.32. The van der Waals surface area contributed by atoms with E-state index in [1.165, 1.54) is 12.1 Å². The molecule has 20 heavy (non-hydrogen) atoms. The molecule has 5 heteroatoms. The lowest BCUT2D eigenvalue weighted by atomic mass is 10.2. The first-order chi connectivity index (χ1) is 9.63. The third-order valence-electron chi connectivity index (χ3n) is 2.70. The second-order valence-corrected chi connectivity index (χ2v) is 4.69. The van der Waals surface area contributed by atoms with Gasteiger partial charge in [0.1, 0.15) is 5.75 Å². The van der Waals surface area contributed by atoms with Gasteiger partial charge >= 0.3 is 6.61 Å². The Labute approximate surface area is 121 Å². The Morgan fingerprint density at radius 3 is 2.35 bits per heavy atom. The van der Waals surface area contributed by atoms with Crippen molar-refractivity contribution >= 4 is 11.6 Å². The lowest BCUT2D eigenvalue weighted by Crippen LogP contribution is -2.12. The molecule has 0 aromatic heterocycles. The fraction of sp³-hybridized carbons (Fsp3) is 0.200. The van der Waals surface area contributed by atoms with Crippen molar-refractivity contribution in [1.82, 2.24) is 5.32 Å². The van der Waals surface area contributed by atoms with Crippen molar-refractivity contribution in [1.29, 1.82) is 0 Å². The Bertz CT molecular complexity index is 546. The minimum absolute atomic E-state index is 0.165. The first kappa shape index (κ1) is 14.8. The molecule has 106 valence electrons. The fourth-order valence-electron chi connectivity index (χ4n) is 1.79. The number of ether oxygens (including phenoxy) is 1. The molecule has 0 aliphatic heterocycles. The maximum atomic E-state index is 12.0. The van der Waals surface area contributed by atoms with E-state index in [4.69, 9.17) is 11.6 Å². The van der Waals surface area contributed by atoms with E-state index in [9.17, 15) is 8.78 Å². The van der Waals surface area contributed by atoms with Crippen molar-refractivity contribution in [3.05, 3.63) is 64.7 Å². The summed E-state index contributed by atoms with van der Waals surface area (Å²) in [6.07, 6.45) is 0. The minimum atomic E-state index is -2.79. The summed E-state index contributed by atoms with van der Waals surface area (Å²) in [5.74, 6) is 0.165. The van der Waals surface area contributed by atoms with E-state index in [2.05, 4.69) is 10.1 Å². The molecule has 0 heterocycles. The lowest BCUT2D eigenvalue weighted by molar-refractivity contribution is -0.0498. The molecule has 0 saturated heterocycles. The summed E-state index contributed by atoms with van der Waals surface area (Å²) in [5.41, 5.74) is 2.09. The molecule has 0 atom stereocenters. The molecule has 1 N–H and O–H groups in total. The molecule has 2 aromatic carbocycles. The summed E-state index contributed by atoms with van der Waals surface area (Å²) in [6, 6.07) is 14.2. The van der Waals surface area contributed by atoms with Gasteiger partial charge in [-0.05, 0) is 35.4 Å². The predicted octanol–water partition coefficient (Wildman–Crippen LogP) is 4.23. The average molecular weight is 298 g/mol. The average Bonchev–Trinajstić information content (AvgIpc) is 2.40. The lowest BCUT2D eigenvalue weighted by Gasteiger charge is -2.07. The fourth-order valence-corrected chi connectivity index (χ4v) is 2.00. The maximum absolute atomic E-state index is 12.0. The summed E-state index contributed by atoms with van der Waals surface area (Å²) in [5, 5.41) is 3.96. The number of halogens is 3. The largest absolute Gasteiger partial charge is 0.435 e. The van der Waals surface area contributed by atoms with Gasteiger partial charge in [-0.1, -0.05) is 35.9 Å². The van der Waals surface area contributed by atoms with Crippen LogP contribution in [0.4, 0.5) is 8.78 Å². The summed E-state index contributed by atoms with van der Waals surface area (Å²) >= 11 is 5.90. The predicted molar refractivity (Wildman–Crippen MR) is 75.1 cm³/mol. The molecular weight excluding hydrogens is 284 g/mol. The van der Waals surface area contributed by atoms with Gasteiger partial charge in [-0.25, -0.2) is 0 Å². The quantitative estimate of drug-likeness (QED) is 0.861. The van der Waals surface area contributed by atoms with E-state index in [1.807, 2.05) is 24.3 Å². The van der Waals surface area contributed by atoms with Crippen LogP contribution in [0.15, 0.2) is 48.5 Å². The molecule has 0 fully saturated rings. The van der Waals surface area contributed by atoms with Gasteiger partial charge in [0.2, 0.25) is 0 Å². The minimum Gasteiger partial charge on any atom is -0.435 e. The third kappa shape index (κ3) is 4.79. The van der Waals surface area contributed by atoms with Crippen LogP contribution in [-0.2, 0) is 13.1 Å². The van der Waals surface area contributed by atoms with Gasteiger partial charge in [-0.2, -0.15) is 8.78 Å². The maximum Gasteiger partial charge on any atom is 0.387 e. The van der Waals surface area contributed by atoms with Crippen molar-refractivity contribution in [2.45, 2.75) is 19.7 Å². The molecule has 2 rings (SSSR count). The molecule has 0 spiro atoms. The number of benzene rings is 2. The van der Waals surface area contributed by atoms with Crippen LogP contribution < -0.4 is 10.1 Å². The molecular formula is C15H14ClF2NO. The second-order valence-electron chi connectivity index (χ2n) is 4.26. The van der Waals surface area contributed by atoms with Crippen molar-refractivity contribution < 1.29 is 13.5 Å². The zero-order valence-corrected chi connectivity index (χ0v) is 11.4. The van der Waals surface area contributed by atoms with Gasteiger partial charge in [0.15, 0.2) is 0 Å². The summed E-state index contributed by atoms with van der Waals surface area (Å²) < 4.78 is 28.3. The molecule has 0 aliphatic rings. The first-order valence-corrected chi connectivity index (χ1v) is 6.50. The van der Waals surface area contributed by atoms with Crippen LogP contribution in [0.3, 0.4) is 0 Å². The smallest absolute Gasteiger partial charge is 0.387 e. The molecule has 0 aliphatic carbocycles. The van der Waals surface area contributed by atoms with Crippen LogP contribution in [-0.4, -0.2) is 6.61 Å². The molecule has 0 unspecified atom stereocenters. The van der Waals surface area contributed by atoms with E-state index < -0.39 is 6.61 Å². The molecule has 0 amide bonds. The van der Waals surface area contributed by atoms with E-state index in [0.29, 0.717) is 18.1 Å². The number of hydrogen-bond acceptors (Lipinski definition) is 2. The van der Waals surface area contributed by atoms with Crippen LogP contribution in [0.25, 0.3) is 0 Å². The third-order valence-corrected chi connectivity index (χ3v) is 2.93. The van der Waals surface area contributed by atoms with Crippen molar-refractivity contribution in [3.63, 3.8) is 0 Å². The molecule has 0 saturated carbocycles. The zero-order valence-electron chi connectivity index (χ0n) is 10.7. The highest BCUT2D eigenvalue weighted by Gasteiger charge is 2.03. The van der Waals surface area contributed by atoms with Crippen LogP contribution in [0.2, 0.25) is 5.02 Å². The highest BCUT2D eigenvalue weighted by Crippen LogP contribution is 2.15. The summed E-state index contributed by atoms with van der Waals surface area (Å²) in [6.45, 7) is -1.46. The van der Waals surface area contributed by atoms with Crippen LogP contribution in [0.5, 0.6) is 5.75 Å². The summed E-state index contributed by atoms with van der Waals surface area (Å²) in [7, 11) is 0. The Hall–Kier alpha value is -1.65. The van der Waals surface area contributed by atoms with Crippen molar-refractivity contribution in [2.24, 2.45) is 0 Å². The van der Waals surface area contributed by atoms with Gasteiger partial charge < -0.3 is 10.1 Å². The van der Waals surface area contributed by atoms with E-state index in [0.717, 1.165) is 11.1 Å². The Balaban J connectivity index is 1.82. The normalized spacial score (nSPS) is 10.8. The number of hydrogen-bond donors (Lipinski definition) is 1. The molecule has 0 radical (unpaired) electrons. The van der Waals surface area contributed by atoms with E-state index in [-0.39, 0.29) is 5.75 Å². The van der Waals surface area contributed by atoms with Crippen molar-refractivity contribution in [2.75, 3.05) is 0 Å². The Morgan fingerprint density at radius 2 is 1.70 bits per heavy atom. The van der Waals surface area contributed by atoms with E-state index >= 15 is 0 Å². The first-order valence-electron chi connectivity index (χ1n) is 6.12. The van der Waals surface area contributed by atoms with Gasteiger partial charge in [-0.3, -0.25) is 0 Å². The molecule has 0 bridgehead atoms. The standard InChI is InChI=1S/C15H14ClF2NO/c16-13-3-1-2-12(8-13)10-19-9-11-4-6-14(7-5-11)20-15(17)18/h1-8,15,19H,9-10H2. The van der Waals surface area contributed by atoms with Crippen LogP contribution >= 0.6 is 11.6 Å². The van der Waals surface area contributed by atoms with Gasteiger partial charge in [0.05, 0.1) is 0 Å². The highest BCUT2D eigenvalue weighted by molar-refractivity contribution is 6.30. The number of rotatable bonds is 6. The second kappa shape index (κ2) is 7.22. The van der Waals surface area contributed by atoms with Crippen molar-refractivity contribution in [3.8, 4) is 5.75 Å². The number of nitrogens with one attached hydrogen (secondary N) is 1. The van der Waals surface area contributed by atoms with Gasteiger partial charge in [-0.15, -0.1) is 0 Å². The van der Waals surface area contributed by atoms with Gasteiger partial charge in [0.25, 0.3) is 0 Å². The van der Waals surface area contributed by atoms with Crippen LogP contribution in [0.1, 0.15) is 11.1 Å². The van der Waals surface area contributed by atoms with E-state index in [1.54, 1.807) is 12.1 Å². The van der Waals surface area contributed by atoms with Crippen LogP contribution in [0, 0.1) is 0 Å². The monoisotopic (exact) mass is 297 g/mol. The SMILES string of the molecule is FC(F)Oc1ccc(CNCc2cccc(Cl)c2)cc1. The molecule has 2 aromatic rings. The topological polar surface area (TPSA) is 21.3 Å². The number of alkyl halides is 2. The highest BCUT2D eigenvalue weighted by atomic mass is 35.5. The Morgan fingerprint density at radius 1 is 1.00 bits per heavy atom.